The van der Waals surface area contributed by atoms with Crippen LogP contribution in [0.5, 0.6) is 0 Å². The number of rotatable bonds is 10. The smallest absolute Gasteiger partial charge is 0.194 e. The van der Waals surface area contributed by atoms with Crippen molar-refractivity contribution in [3.8, 4) is 0 Å². The van der Waals surface area contributed by atoms with Crippen LogP contribution in [-0.2, 0) is 17.3 Å². The molecule has 0 amide bonds. The zero-order valence-electron chi connectivity index (χ0n) is 28.0. The lowest BCUT2D eigenvalue weighted by Crippen LogP contribution is -2.11. The maximum absolute atomic E-state index is 14.5. The third kappa shape index (κ3) is 6.45. The molecule has 1 unspecified atom stereocenters. The first kappa shape index (κ1) is 34.4. The topological polar surface area (TPSA) is 106 Å². The predicted octanol–water partition coefficient (Wildman–Crippen LogP) is 9.25. The van der Waals surface area contributed by atoms with Crippen molar-refractivity contribution >= 4 is 54.9 Å². The Balaban J connectivity index is 0.00000221. The molecule has 6 rings (SSSR count). The van der Waals surface area contributed by atoms with E-state index >= 15 is 0 Å². The summed E-state index contributed by atoms with van der Waals surface area (Å²) >= 11 is 0. The summed E-state index contributed by atoms with van der Waals surface area (Å²) in [5.41, 5.74) is 9.60. The molecule has 6 aromatic rings. The average Bonchev–Trinajstić information content (AvgIpc) is 3.40. The second kappa shape index (κ2) is 14.9. The van der Waals surface area contributed by atoms with Gasteiger partial charge in [-0.2, -0.15) is 0 Å². The Labute approximate surface area is 283 Å². The Morgan fingerprint density at radius 2 is 1.42 bits per heavy atom. The van der Waals surface area contributed by atoms with E-state index in [-0.39, 0.29) is 5.78 Å². The van der Waals surface area contributed by atoms with Crippen LogP contribution in [0, 0.1) is 37.6 Å². The van der Waals surface area contributed by atoms with E-state index in [9.17, 15) is 14.2 Å². The molecule has 0 fully saturated rings. The van der Waals surface area contributed by atoms with Crippen LogP contribution < -0.4 is 0 Å². The number of oxime groups is 1. The standard InChI is InChI=1S/C40H40N2O3S.O2/c1-6-7-19-46(45)20-18-42-36-17-16-29(38(41-44)30-13-9-8-12-26(30)3)23-33(36)34-24-35(31-14-10-11-15-32(31)39(34)42)40(43)37-27(4)21-25(2)22-28(37)5;1-2/h8-17,21-24,44H,6-7,18-20H2,1-5H3;/b41-38+;. The summed E-state index contributed by atoms with van der Waals surface area (Å²) in [5.74, 6) is 1.24. The zero-order valence-corrected chi connectivity index (χ0v) is 28.8. The molecule has 0 aliphatic rings. The number of benzene rings is 5. The minimum absolute atomic E-state index is 0.00310. The van der Waals surface area contributed by atoms with Gasteiger partial charge in [-0.25, -0.2) is 0 Å². The van der Waals surface area contributed by atoms with E-state index in [0.717, 1.165) is 84.4 Å². The van der Waals surface area contributed by atoms with Gasteiger partial charge in [-0.15, -0.1) is 0 Å². The summed E-state index contributed by atoms with van der Waals surface area (Å²) in [6.07, 6.45) is 1.96. The number of aryl methyl sites for hydroxylation is 5. The first-order valence-electron chi connectivity index (χ1n) is 16.1. The first-order valence-corrected chi connectivity index (χ1v) is 17.6. The summed E-state index contributed by atoms with van der Waals surface area (Å²) in [7, 11) is -0.936. The molecule has 246 valence electrons. The quantitative estimate of drug-likeness (QED) is 0.0682. The van der Waals surface area contributed by atoms with Crippen molar-refractivity contribution in [2.45, 2.75) is 54.0 Å². The number of carbonyl (C=O) groups is 1. The fourth-order valence-corrected chi connectivity index (χ4v) is 8.11. The summed E-state index contributed by atoms with van der Waals surface area (Å²) in [6.45, 7) is 10.8. The number of hydrogen-bond acceptors (Lipinski definition) is 6. The highest BCUT2D eigenvalue weighted by atomic mass is 32.2. The number of hydrogen-bond donors (Lipinski definition) is 1. The van der Waals surface area contributed by atoms with E-state index in [2.05, 4.69) is 53.9 Å². The van der Waals surface area contributed by atoms with Crippen molar-refractivity contribution in [3.63, 3.8) is 0 Å². The van der Waals surface area contributed by atoms with Crippen LogP contribution >= 0.6 is 0 Å². The van der Waals surface area contributed by atoms with Crippen molar-refractivity contribution in [3.05, 3.63) is 139 Å². The van der Waals surface area contributed by atoms with Gasteiger partial charge < -0.3 is 9.77 Å². The van der Waals surface area contributed by atoms with Crippen molar-refractivity contribution in [2.24, 2.45) is 5.16 Å². The third-order valence-electron chi connectivity index (χ3n) is 9.05. The van der Waals surface area contributed by atoms with Crippen LogP contribution in [0.4, 0.5) is 0 Å². The molecule has 48 heavy (non-hydrogen) atoms. The Kier molecular flexibility index (Phi) is 10.6. The van der Waals surface area contributed by atoms with Gasteiger partial charge in [0, 0.05) is 82.7 Å². The van der Waals surface area contributed by atoms with Gasteiger partial charge in [0.05, 0.1) is 5.52 Å². The molecule has 1 atom stereocenters. The molecular formula is C40H40N2O5S. The number of fused-ring (bicyclic) bond motifs is 5. The SMILES string of the molecule is CCCCS(=O)CCn1c2ccc(/C(=N\O)c3ccccc3C)cc2c2cc(C(=O)c3c(C)cc(C)cc3C)c3ccccc3c21.O=O. The number of aromatic nitrogens is 1. The highest BCUT2D eigenvalue weighted by Crippen LogP contribution is 2.38. The van der Waals surface area contributed by atoms with Crippen LogP contribution in [0.25, 0.3) is 32.6 Å². The van der Waals surface area contributed by atoms with Crippen LogP contribution in [-0.4, -0.2) is 37.0 Å². The van der Waals surface area contributed by atoms with Crippen molar-refractivity contribution in [2.75, 3.05) is 11.5 Å². The van der Waals surface area contributed by atoms with E-state index < -0.39 is 10.8 Å². The maximum Gasteiger partial charge on any atom is 0.194 e. The number of unbranched alkanes of at least 4 members (excludes halogenated alkanes) is 1. The summed E-state index contributed by atoms with van der Waals surface area (Å²) < 4.78 is 15.3. The zero-order chi connectivity index (χ0) is 34.5. The lowest BCUT2D eigenvalue weighted by molar-refractivity contribution is 0.103. The Bertz CT molecular complexity index is 2190. The highest BCUT2D eigenvalue weighted by molar-refractivity contribution is 7.84. The number of carbonyl (C=O) groups excluding carboxylic acids is 1. The molecule has 5 aromatic carbocycles. The van der Waals surface area contributed by atoms with Crippen LogP contribution in [0.15, 0.2) is 90.1 Å². The molecule has 0 spiro atoms. The van der Waals surface area contributed by atoms with E-state index in [4.69, 9.17) is 9.93 Å². The van der Waals surface area contributed by atoms with E-state index in [1.807, 2.05) is 75.4 Å². The van der Waals surface area contributed by atoms with Crippen LogP contribution in [0.3, 0.4) is 0 Å². The molecule has 1 N–H and O–H groups in total. The average molecular weight is 661 g/mol. The van der Waals surface area contributed by atoms with Gasteiger partial charge in [-0.05, 0) is 74.4 Å². The second-order valence-corrected chi connectivity index (χ2v) is 14.0. The fourth-order valence-electron chi connectivity index (χ4n) is 6.91. The summed E-state index contributed by atoms with van der Waals surface area (Å²) in [5, 5.41) is 17.8. The molecule has 1 heterocycles. The molecule has 0 radical (unpaired) electrons. The highest BCUT2D eigenvalue weighted by Gasteiger charge is 2.23. The van der Waals surface area contributed by atoms with E-state index in [1.54, 1.807) is 0 Å². The normalized spacial score (nSPS) is 12.3. The second-order valence-electron chi connectivity index (χ2n) is 12.3. The maximum atomic E-state index is 14.5. The van der Waals surface area contributed by atoms with Gasteiger partial charge in [-0.1, -0.05) is 90.8 Å². The van der Waals surface area contributed by atoms with Crippen LogP contribution in [0.1, 0.15) is 69.1 Å². The summed E-state index contributed by atoms with van der Waals surface area (Å²) in [6, 6.07) is 28.3. The lowest BCUT2D eigenvalue weighted by Gasteiger charge is -2.14. The molecule has 0 bridgehead atoms. The molecule has 0 aliphatic heterocycles. The van der Waals surface area contributed by atoms with E-state index in [0.29, 0.717) is 29.3 Å². The van der Waals surface area contributed by atoms with Crippen molar-refractivity contribution < 1.29 is 14.2 Å². The molecule has 8 heteroatoms. The molecule has 0 saturated carbocycles. The number of nitrogens with zero attached hydrogens (tertiary/aromatic N) is 2. The largest absolute Gasteiger partial charge is 0.410 e. The van der Waals surface area contributed by atoms with Gasteiger partial charge >= 0.3 is 0 Å². The summed E-state index contributed by atoms with van der Waals surface area (Å²) in [4.78, 5) is 28.5. The van der Waals surface area contributed by atoms with Crippen molar-refractivity contribution in [1.29, 1.82) is 0 Å². The lowest BCUT2D eigenvalue weighted by atomic mass is 9.89. The fraction of sp³-hybridized carbons (Fsp3) is 0.250. The first-order chi connectivity index (χ1) is 23.2. The van der Waals surface area contributed by atoms with Crippen molar-refractivity contribution in [1.82, 2.24) is 4.57 Å². The van der Waals surface area contributed by atoms with Gasteiger partial charge in [-0.3, -0.25) is 9.00 Å². The predicted molar refractivity (Wildman–Crippen MR) is 199 cm³/mol. The Morgan fingerprint density at radius 1 is 0.750 bits per heavy atom. The third-order valence-corrected chi connectivity index (χ3v) is 10.4. The van der Waals surface area contributed by atoms with Gasteiger partial charge in [0.2, 0.25) is 0 Å². The number of ketones is 1. The monoisotopic (exact) mass is 660 g/mol. The minimum Gasteiger partial charge on any atom is -0.410 e. The Morgan fingerprint density at radius 3 is 2.08 bits per heavy atom. The molecule has 0 aliphatic carbocycles. The van der Waals surface area contributed by atoms with Gasteiger partial charge in [0.1, 0.15) is 5.71 Å². The van der Waals surface area contributed by atoms with Gasteiger partial charge in [0.15, 0.2) is 5.78 Å². The minimum atomic E-state index is -0.936. The molecular weight excluding hydrogens is 621 g/mol. The van der Waals surface area contributed by atoms with E-state index in [1.165, 1.54) is 0 Å². The molecule has 7 nitrogen and oxygen atoms in total. The van der Waals surface area contributed by atoms with Gasteiger partial charge in [0.25, 0.3) is 0 Å². The Hall–Kier alpha value is -4.95. The molecule has 1 aromatic heterocycles. The van der Waals surface area contributed by atoms with Crippen LogP contribution in [0.2, 0.25) is 0 Å². The molecule has 0 saturated heterocycles.